The van der Waals surface area contributed by atoms with Gasteiger partial charge < -0.3 is 10.6 Å². The Hall–Kier alpha value is -1.09. The second kappa shape index (κ2) is 8.16. The molecule has 19 heavy (non-hydrogen) atoms. The van der Waals surface area contributed by atoms with Crippen LogP contribution in [0.5, 0.6) is 0 Å². The van der Waals surface area contributed by atoms with Gasteiger partial charge in [0.15, 0.2) is 0 Å². The van der Waals surface area contributed by atoms with Crippen molar-refractivity contribution in [3.63, 3.8) is 0 Å². The minimum Gasteiger partial charge on any atom is -0.369 e. The zero-order valence-electron chi connectivity index (χ0n) is 12.5. The smallest absolute Gasteiger partial charge is 0.146 e. The third kappa shape index (κ3) is 4.83. The molecule has 1 rings (SSSR count). The van der Waals surface area contributed by atoms with E-state index < -0.39 is 0 Å². The first kappa shape index (κ1) is 16.0. The average Bonchev–Trinajstić information content (AvgIpc) is 2.39. The lowest BCUT2D eigenvalue weighted by Gasteiger charge is -2.25. The lowest BCUT2D eigenvalue weighted by molar-refractivity contribution is 0.601. The molecular weight excluding hydrogens is 239 g/mol. The molecule has 0 bridgehead atoms. The summed E-state index contributed by atoms with van der Waals surface area (Å²) < 4.78 is 14.2. The van der Waals surface area contributed by atoms with Crippen molar-refractivity contribution >= 4 is 5.69 Å². The van der Waals surface area contributed by atoms with Gasteiger partial charge in [-0.3, -0.25) is 0 Å². The van der Waals surface area contributed by atoms with Gasteiger partial charge in [0, 0.05) is 19.1 Å². The van der Waals surface area contributed by atoms with E-state index in [1.165, 1.54) is 0 Å². The molecule has 1 atom stereocenters. The van der Waals surface area contributed by atoms with Crippen LogP contribution in [0, 0.1) is 5.82 Å². The molecule has 0 aromatic heterocycles. The number of anilines is 1. The number of rotatable bonds is 8. The lowest BCUT2D eigenvalue weighted by atomic mass is 10.1. The summed E-state index contributed by atoms with van der Waals surface area (Å²) >= 11 is 0. The lowest BCUT2D eigenvalue weighted by Crippen LogP contribution is -2.26. The highest BCUT2D eigenvalue weighted by molar-refractivity contribution is 5.49. The van der Waals surface area contributed by atoms with Crippen LogP contribution in [0.4, 0.5) is 10.1 Å². The summed E-state index contributed by atoms with van der Waals surface area (Å²) in [6, 6.07) is 5.27. The number of nitrogens with two attached hydrogens (primary N) is 1. The molecule has 0 amide bonds. The number of nitrogens with zero attached hydrogens (tertiary/aromatic N) is 1. The Kier molecular flexibility index (Phi) is 6.85. The summed E-state index contributed by atoms with van der Waals surface area (Å²) in [5, 5.41) is 0. The molecule has 2 nitrogen and oxygen atoms in total. The first-order valence-electron chi connectivity index (χ1n) is 7.40. The third-order valence-electron chi connectivity index (χ3n) is 3.40. The molecule has 0 aliphatic rings. The topological polar surface area (TPSA) is 29.3 Å². The van der Waals surface area contributed by atoms with E-state index in [0.717, 1.165) is 44.3 Å². The molecule has 3 heteroatoms. The Morgan fingerprint density at radius 3 is 2.16 bits per heavy atom. The SMILES string of the molecule is CCCCN(CCCC)c1ccc(C(C)N)cc1F. The summed E-state index contributed by atoms with van der Waals surface area (Å²) in [7, 11) is 0. The van der Waals surface area contributed by atoms with Crippen LogP contribution in [0.3, 0.4) is 0 Å². The molecule has 0 spiro atoms. The van der Waals surface area contributed by atoms with Crippen molar-refractivity contribution in [1.29, 1.82) is 0 Å². The number of halogens is 1. The molecule has 108 valence electrons. The number of benzene rings is 1. The van der Waals surface area contributed by atoms with Gasteiger partial charge in [-0.15, -0.1) is 0 Å². The fraction of sp³-hybridized carbons (Fsp3) is 0.625. The van der Waals surface area contributed by atoms with Crippen molar-refractivity contribution in [2.45, 2.75) is 52.5 Å². The third-order valence-corrected chi connectivity index (χ3v) is 3.40. The Labute approximate surface area is 116 Å². The van der Waals surface area contributed by atoms with Crippen LogP contribution in [0.2, 0.25) is 0 Å². The maximum absolute atomic E-state index is 14.2. The fourth-order valence-corrected chi connectivity index (χ4v) is 2.11. The van der Waals surface area contributed by atoms with Crippen molar-refractivity contribution in [2.24, 2.45) is 5.73 Å². The molecule has 0 aliphatic carbocycles. The molecular formula is C16H27FN2. The quantitative estimate of drug-likeness (QED) is 0.762. The summed E-state index contributed by atoms with van der Waals surface area (Å²) in [6.07, 6.45) is 4.45. The molecule has 1 aromatic rings. The standard InChI is InChI=1S/C16H27FN2/c1-4-6-10-19(11-7-5-2)16-9-8-14(13(3)18)12-15(16)17/h8-9,12-13H,4-7,10-11,18H2,1-3H3. The first-order valence-corrected chi connectivity index (χ1v) is 7.40. The molecule has 0 fully saturated rings. The number of hydrogen-bond acceptors (Lipinski definition) is 2. The van der Waals surface area contributed by atoms with E-state index in [0.29, 0.717) is 5.69 Å². The van der Waals surface area contributed by atoms with Crippen LogP contribution >= 0.6 is 0 Å². The Balaban J connectivity index is 2.87. The van der Waals surface area contributed by atoms with Crippen LogP contribution in [0.1, 0.15) is 58.1 Å². The van der Waals surface area contributed by atoms with Gasteiger partial charge in [0.2, 0.25) is 0 Å². The normalized spacial score (nSPS) is 12.5. The number of unbranched alkanes of at least 4 members (excludes halogenated alkanes) is 2. The van der Waals surface area contributed by atoms with E-state index in [2.05, 4.69) is 18.7 Å². The molecule has 1 unspecified atom stereocenters. The van der Waals surface area contributed by atoms with Crippen molar-refractivity contribution in [3.8, 4) is 0 Å². The molecule has 0 aliphatic heterocycles. The van der Waals surface area contributed by atoms with Crippen LogP contribution in [-0.2, 0) is 0 Å². The van der Waals surface area contributed by atoms with Crippen molar-refractivity contribution in [2.75, 3.05) is 18.0 Å². The summed E-state index contributed by atoms with van der Waals surface area (Å²) in [5.41, 5.74) is 7.36. The second-order valence-electron chi connectivity index (χ2n) is 5.19. The maximum Gasteiger partial charge on any atom is 0.146 e. The summed E-state index contributed by atoms with van der Waals surface area (Å²) in [4.78, 5) is 2.16. The highest BCUT2D eigenvalue weighted by Crippen LogP contribution is 2.23. The largest absolute Gasteiger partial charge is 0.369 e. The molecule has 0 saturated carbocycles. The highest BCUT2D eigenvalue weighted by Gasteiger charge is 2.12. The Morgan fingerprint density at radius 2 is 1.74 bits per heavy atom. The van der Waals surface area contributed by atoms with Crippen molar-refractivity contribution < 1.29 is 4.39 Å². The minimum atomic E-state index is -0.151. The van der Waals surface area contributed by atoms with E-state index in [9.17, 15) is 4.39 Å². The molecule has 0 saturated heterocycles. The van der Waals surface area contributed by atoms with Gasteiger partial charge in [0.1, 0.15) is 5.82 Å². The average molecular weight is 266 g/mol. The van der Waals surface area contributed by atoms with Crippen molar-refractivity contribution in [1.82, 2.24) is 0 Å². The first-order chi connectivity index (χ1) is 9.10. The molecule has 0 heterocycles. The molecule has 2 N–H and O–H groups in total. The monoisotopic (exact) mass is 266 g/mol. The maximum atomic E-state index is 14.2. The summed E-state index contributed by atoms with van der Waals surface area (Å²) in [5.74, 6) is -0.151. The van der Waals surface area contributed by atoms with Gasteiger partial charge in [-0.2, -0.15) is 0 Å². The van der Waals surface area contributed by atoms with E-state index in [1.807, 2.05) is 19.1 Å². The van der Waals surface area contributed by atoms with Gasteiger partial charge in [-0.05, 0) is 37.5 Å². The van der Waals surface area contributed by atoms with Crippen LogP contribution in [0.25, 0.3) is 0 Å². The van der Waals surface area contributed by atoms with E-state index in [4.69, 9.17) is 5.73 Å². The van der Waals surface area contributed by atoms with Gasteiger partial charge in [-0.25, -0.2) is 4.39 Å². The van der Waals surface area contributed by atoms with Gasteiger partial charge in [0.05, 0.1) is 5.69 Å². The van der Waals surface area contributed by atoms with Gasteiger partial charge in [-0.1, -0.05) is 32.8 Å². The van der Waals surface area contributed by atoms with Crippen LogP contribution in [0.15, 0.2) is 18.2 Å². The van der Waals surface area contributed by atoms with E-state index in [-0.39, 0.29) is 11.9 Å². The highest BCUT2D eigenvalue weighted by atomic mass is 19.1. The predicted molar refractivity (Wildman–Crippen MR) is 81.0 cm³/mol. The van der Waals surface area contributed by atoms with E-state index in [1.54, 1.807) is 6.07 Å². The van der Waals surface area contributed by atoms with Gasteiger partial charge >= 0.3 is 0 Å². The fourth-order valence-electron chi connectivity index (χ4n) is 2.11. The zero-order valence-corrected chi connectivity index (χ0v) is 12.5. The Morgan fingerprint density at radius 1 is 1.16 bits per heavy atom. The van der Waals surface area contributed by atoms with Crippen LogP contribution in [-0.4, -0.2) is 13.1 Å². The predicted octanol–water partition coefficient (Wildman–Crippen LogP) is 4.25. The second-order valence-corrected chi connectivity index (χ2v) is 5.19. The van der Waals surface area contributed by atoms with Crippen molar-refractivity contribution in [3.05, 3.63) is 29.6 Å². The molecule has 1 aromatic carbocycles. The Bertz CT molecular complexity index is 369. The summed E-state index contributed by atoms with van der Waals surface area (Å²) in [6.45, 7) is 8.04. The molecule has 0 radical (unpaired) electrons. The minimum absolute atomic E-state index is 0.122. The van der Waals surface area contributed by atoms with Gasteiger partial charge in [0.25, 0.3) is 0 Å². The zero-order chi connectivity index (χ0) is 14.3. The number of hydrogen-bond donors (Lipinski definition) is 1. The van der Waals surface area contributed by atoms with Crippen LogP contribution < -0.4 is 10.6 Å². The van der Waals surface area contributed by atoms with E-state index >= 15 is 0 Å².